The minimum Gasteiger partial charge on any atom is -0.497 e. The summed E-state index contributed by atoms with van der Waals surface area (Å²) in [4.78, 5) is 2.52. The Labute approximate surface area is 123 Å². The van der Waals surface area contributed by atoms with Crippen LogP contribution in [0.25, 0.3) is 0 Å². The van der Waals surface area contributed by atoms with Crippen LogP contribution in [-0.4, -0.2) is 32.1 Å². The normalized spacial score (nSPS) is 34.5. The minimum absolute atomic E-state index is 0.353. The Bertz CT molecular complexity index is 486. The standard InChI is InChI=1S/C18H27NO/c1-17-9-4-5-10-18(17,11-12-19(2)14-17)15-7-6-8-16(13-15)20-3/h6-8,13H,4-5,9-12,14H2,1-3H3/t17-,18+/m1/s1. The maximum absolute atomic E-state index is 5.47. The molecule has 2 heteroatoms. The van der Waals surface area contributed by atoms with E-state index in [1.54, 1.807) is 7.11 Å². The Morgan fingerprint density at radius 2 is 1.95 bits per heavy atom. The number of hydrogen-bond donors (Lipinski definition) is 0. The Kier molecular flexibility index (Phi) is 3.53. The van der Waals surface area contributed by atoms with Gasteiger partial charge in [-0.1, -0.05) is 31.9 Å². The summed E-state index contributed by atoms with van der Waals surface area (Å²) in [6, 6.07) is 8.85. The van der Waals surface area contributed by atoms with Crippen LogP contribution in [0, 0.1) is 5.41 Å². The Balaban J connectivity index is 2.05. The molecule has 0 unspecified atom stereocenters. The van der Waals surface area contributed by atoms with Gasteiger partial charge in [0.25, 0.3) is 0 Å². The Hall–Kier alpha value is -1.02. The molecule has 0 amide bonds. The van der Waals surface area contributed by atoms with E-state index in [0.29, 0.717) is 10.8 Å². The molecule has 1 aromatic rings. The fraction of sp³-hybridized carbons (Fsp3) is 0.667. The summed E-state index contributed by atoms with van der Waals surface area (Å²) in [5, 5.41) is 0. The van der Waals surface area contributed by atoms with Gasteiger partial charge in [0.2, 0.25) is 0 Å². The van der Waals surface area contributed by atoms with Gasteiger partial charge in [-0.3, -0.25) is 0 Å². The number of likely N-dealkylation sites (tertiary alicyclic amines) is 1. The lowest BCUT2D eigenvalue weighted by Gasteiger charge is -2.57. The molecule has 2 atom stereocenters. The van der Waals surface area contributed by atoms with Crippen LogP contribution in [0.15, 0.2) is 24.3 Å². The summed E-state index contributed by atoms with van der Waals surface area (Å²) in [5.41, 5.74) is 2.27. The van der Waals surface area contributed by atoms with Crippen LogP contribution in [0.2, 0.25) is 0 Å². The van der Waals surface area contributed by atoms with Crippen LogP contribution in [0.4, 0.5) is 0 Å². The van der Waals surface area contributed by atoms with Gasteiger partial charge >= 0.3 is 0 Å². The first-order valence-electron chi connectivity index (χ1n) is 7.93. The fourth-order valence-electron chi connectivity index (χ4n) is 4.75. The van der Waals surface area contributed by atoms with Crippen molar-refractivity contribution in [3.05, 3.63) is 29.8 Å². The van der Waals surface area contributed by atoms with Crippen molar-refractivity contribution in [2.45, 2.75) is 44.4 Å². The van der Waals surface area contributed by atoms with Gasteiger partial charge in [-0.15, -0.1) is 0 Å². The Morgan fingerprint density at radius 1 is 1.15 bits per heavy atom. The average Bonchev–Trinajstić information content (AvgIpc) is 2.46. The zero-order valence-corrected chi connectivity index (χ0v) is 13.1. The van der Waals surface area contributed by atoms with Gasteiger partial charge in [-0.2, -0.15) is 0 Å². The highest BCUT2D eigenvalue weighted by Crippen LogP contribution is 2.56. The zero-order chi connectivity index (χ0) is 14.2. The molecule has 0 radical (unpaired) electrons. The van der Waals surface area contributed by atoms with Crippen LogP contribution < -0.4 is 4.74 Å². The smallest absolute Gasteiger partial charge is 0.119 e. The van der Waals surface area contributed by atoms with E-state index in [0.717, 1.165) is 5.75 Å². The number of benzene rings is 1. The van der Waals surface area contributed by atoms with Crippen LogP contribution in [-0.2, 0) is 5.41 Å². The largest absolute Gasteiger partial charge is 0.497 e. The maximum Gasteiger partial charge on any atom is 0.119 e. The van der Waals surface area contributed by atoms with Gasteiger partial charge in [-0.05, 0) is 56.0 Å². The van der Waals surface area contributed by atoms with Gasteiger partial charge in [0.1, 0.15) is 5.75 Å². The second-order valence-corrected chi connectivity index (χ2v) is 7.07. The minimum atomic E-state index is 0.353. The summed E-state index contributed by atoms with van der Waals surface area (Å²) < 4.78 is 5.47. The van der Waals surface area contributed by atoms with Gasteiger partial charge in [0.15, 0.2) is 0 Å². The summed E-state index contributed by atoms with van der Waals surface area (Å²) >= 11 is 0. The third kappa shape index (κ3) is 2.05. The molecule has 1 aromatic carbocycles. The van der Waals surface area contributed by atoms with Gasteiger partial charge in [0, 0.05) is 12.0 Å². The summed E-state index contributed by atoms with van der Waals surface area (Å²) in [6.45, 7) is 4.96. The number of fused-ring (bicyclic) bond motifs is 1. The molecule has 0 aromatic heterocycles. The molecule has 1 saturated carbocycles. The van der Waals surface area contributed by atoms with Crippen molar-refractivity contribution < 1.29 is 4.74 Å². The molecule has 1 aliphatic heterocycles. The number of piperidine rings is 1. The van der Waals surface area contributed by atoms with Crippen molar-refractivity contribution in [1.29, 1.82) is 0 Å². The lowest BCUT2D eigenvalue weighted by molar-refractivity contribution is -0.0115. The highest BCUT2D eigenvalue weighted by molar-refractivity contribution is 5.37. The van der Waals surface area contributed by atoms with Crippen molar-refractivity contribution in [1.82, 2.24) is 4.90 Å². The predicted molar refractivity (Wildman–Crippen MR) is 83.4 cm³/mol. The molecular formula is C18H27NO. The number of methoxy groups -OCH3 is 1. The van der Waals surface area contributed by atoms with E-state index in [1.165, 1.54) is 50.8 Å². The third-order valence-corrected chi connectivity index (χ3v) is 5.90. The van der Waals surface area contributed by atoms with Crippen molar-refractivity contribution in [2.24, 2.45) is 5.41 Å². The first-order valence-corrected chi connectivity index (χ1v) is 7.93. The van der Waals surface area contributed by atoms with E-state index < -0.39 is 0 Å². The number of rotatable bonds is 2. The summed E-state index contributed by atoms with van der Waals surface area (Å²) in [5.74, 6) is 1.00. The molecular weight excluding hydrogens is 246 g/mol. The summed E-state index contributed by atoms with van der Waals surface area (Å²) in [7, 11) is 4.04. The molecule has 1 aliphatic carbocycles. The van der Waals surface area contributed by atoms with E-state index in [9.17, 15) is 0 Å². The summed E-state index contributed by atoms with van der Waals surface area (Å²) in [6.07, 6.45) is 6.73. The van der Waals surface area contributed by atoms with Crippen LogP contribution in [0.5, 0.6) is 5.75 Å². The SMILES string of the molecule is COc1cccc([C@@]23CCCC[C@]2(C)CN(C)CC3)c1. The molecule has 2 nitrogen and oxygen atoms in total. The van der Waals surface area contributed by atoms with Crippen LogP contribution in [0.3, 0.4) is 0 Å². The molecule has 1 heterocycles. The second kappa shape index (κ2) is 5.07. The van der Waals surface area contributed by atoms with Crippen molar-refractivity contribution in [3.63, 3.8) is 0 Å². The lowest BCUT2D eigenvalue weighted by atomic mass is 9.51. The maximum atomic E-state index is 5.47. The number of ether oxygens (including phenoxy) is 1. The topological polar surface area (TPSA) is 12.5 Å². The molecule has 0 bridgehead atoms. The first kappa shape index (κ1) is 13.9. The third-order valence-electron chi connectivity index (χ3n) is 5.90. The van der Waals surface area contributed by atoms with Crippen molar-refractivity contribution in [2.75, 3.05) is 27.2 Å². The van der Waals surface area contributed by atoms with E-state index in [-0.39, 0.29) is 0 Å². The lowest BCUT2D eigenvalue weighted by Crippen LogP contribution is -2.57. The highest BCUT2D eigenvalue weighted by atomic mass is 16.5. The molecule has 0 spiro atoms. The van der Waals surface area contributed by atoms with E-state index >= 15 is 0 Å². The van der Waals surface area contributed by atoms with Crippen molar-refractivity contribution in [3.8, 4) is 5.75 Å². The number of nitrogens with zero attached hydrogens (tertiary/aromatic N) is 1. The molecule has 2 aliphatic rings. The van der Waals surface area contributed by atoms with Gasteiger partial charge in [-0.25, -0.2) is 0 Å². The molecule has 110 valence electrons. The van der Waals surface area contributed by atoms with Gasteiger partial charge in [0.05, 0.1) is 7.11 Å². The predicted octanol–water partition coefficient (Wildman–Crippen LogP) is 3.85. The fourth-order valence-corrected chi connectivity index (χ4v) is 4.75. The molecule has 1 saturated heterocycles. The monoisotopic (exact) mass is 273 g/mol. The van der Waals surface area contributed by atoms with E-state index in [2.05, 4.69) is 43.1 Å². The average molecular weight is 273 g/mol. The molecule has 0 N–H and O–H groups in total. The zero-order valence-electron chi connectivity index (χ0n) is 13.1. The van der Waals surface area contributed by atoms with E-state index in [4.69, 9.17) is 4.74 Å². The van der Waals surface area contributed by atoms with Crippen molar-refractivity contribution >= 4 is 0 Å². The number of hydrogen-bond acceptors (Lipinski definition) is 2. The van der Waals surface area contributed by atoms with Gasteiger partial charge < -0.3 is 9.64 Å². The highest BCUT2D eigenvalue weighted by Gasteiger charge is 2.52. The Morgan fingerprint density at radius 3 is 2.75 bits per heavy atom. The first-order chi connectivity index (χ1) is 9.60. The molecule has 3 rings (SSSR count). The van der Waals surface area contributed by atoms with Crippen LogP contribution in [0.1, 0.15) is 44.6 Å². The van der Waals surface area contributed by atoms with Crippen LogP contribution >= 0.6 is 0 Å². The van der Waals surface area contributed by atoms with E-state index in [1.807, 2.05) is 0 Å². The molecule has 2 fully saturated rings. The molecule has 20 heavy (non-hydrogen) atoms. The quantitative estimate of drug-likeness (QED) is 0.811. The second-order valence-electron chi connectivity index (χ2n) is 7.07.